The molecule has 2 aromatic carbocycles. The van der Waals surface area contributed by atoms with Gasteiger partial charge in [-0.3, -0.25) is 4.79 Å². The lowest BCUT2D eigenvalue weighted by atomic mass is 10.1. The Morgan fingerprint density at radius 1 is 1.00 bits per heavy atom. The molecule has 0 spiro atoms. The van der Waals surface area contributed by atoms with E-state index in [1.165, 1.54) is 18.2 Å². The van der Waals surface area contributed by atoms with Gasteiger partial charge in [-0.15, -0.1) is 11.8 Å². The highest BCUT2D eigenvalue weighted by Gasteiger charge is 2.10. The van der Waals surface area contributed by atoms with E-state index >= 15 is 0 Å². The lowest BCUT2D eigenvalue weighted by molar-refractivity contribution is 0.102. The third kappa shape index (κ3) is 3.61. The zero-order valence-electron chi connectivity index (χ0n) is 9.70. The van der Waals surface area contributed by atoms with Gasteiger partial charge >= 0.3 is 0 Å². The lowest BCUT2D eigenvalue weighted by Crippen LogP contribution is -2.03. The van der Waals surface area contributed by atoms with Gasteiger partial charge in [0.05, 0.1) is 5.75 Å². The van der Waals surface area contributed by atoms with E-state index in [0.717, 1.165) is 23.9 Å². The molecule has 19 heavy (non-hydrogen) atoms. The Hall–Kier alpha value is -1.75. The molecule has 0 aromatic heterocycles. The average Bonchev–Trinajstić information content (AvgIpc) is 2.39. The number of hydrogen-bond donors (Lipinski definition) is 0. The first-order valence-electron chi connectivity index (χ1n) is 5.43. The molecule has 0 saturated carbocycles. The molecule has 2 aromatic rings. The molecule has 0 atom stereocenters. The smallest absolute Gasteiger partial charge is 0.173 e. The summed E-state index contributed by atoms with van der Waals surface area (Å²) in [5.41, 5.74) is 0.0998. The van der Waals surface area contributed by atoms with Crippen LogP contribution in [0.4, 0.5) is 13.2 Å². The van der Waals surface area contributed by atoms with Crippen molar-refractivity contribution < 1.29 is 18.0 Å². The highest BCUT2D eigenvalue weighted by Crippen LogP contribution is 2.20. The van der Waals surface area contributed by atoms with E-state index in [4.69, 9.17) is 0 Å². The Bertz CT molecular complexity index is 613. The van der Waals surface area contributed by atoms with Crippen molar-refractivity contribution in [1.82, 2.24) is 0 Å². The Labute approximate surface area is 112 Å². The molecule has 0 heterocycles. The maximum Gasteiger partial charge on any atom is 0.173 e. The summed E-state index contributed by atoms with van der Waals surface area (Å²) >= 11 is 1.14. The summed E-state index contributed by atoms with van der Waals surface area (Å²) in [5.74, 6) is -2.73. The largest absolute Gasteiger partial charge is 0.293 e. The molecule has 2 rings (SSSR count). The Morgan fingerprint density at radius 2 is 1.79 bits per heavy atom. The second-order valence-electron chi connectivity index (χ2n) is 3.80. The molecule has 0 aliphatic rings. The first-order chi connectivity index (χ1) is 9.06. The van der Waals surface area contributed by atoms with Gasteiger partial charge in [-0.05, 0) is 36.4 Å². The number of rotatable bonds is 4. The summed E-state index contributed by atoms with van der Waals surface area (Å²) in [6, 6.07) is 8.84. The van der Waals surface area contributed by atoms with Gasteiger partial charge in [0.25, 0.3) is 0 Å². The molecule has 0 N–H and O–H groups in total. The quantitative estimate of drug-likeness (QED) is 0.621. The topological polar surface area (TPSA) is 17.1 Å². The fraction of sp³-hybridized carbons (Fsp3) is 0.0714. The first-order valence-corrected chi connectivity index (χ1v) is 6.41. The van der Waals surface area contributed by atoms with Gasteiger partial charge in [0.2, 0.25) is 0 Å². The molecule has 5 heteroatoms. The van der Waals surface area contributed by atoms with Crippen LogP contribution in [0.2, 0.25) is 0 Å². The monoisotopic (exact) mass is 282 g/mol. The molecule has 1 nitrogen and oxygen atoms in total. The number of Topliss-reactive ketones (excluding diaryl/α,β-unsaturated/α-hetero) is 1. The summed E-state index contributed by atoms with van der Waals surface area (Å²) in [7, 11) is 0. The first kappa shape index (κ1) is 13.7. The summed E-state index contributed by atoms with van der Waals surface area (Å²) in [6.07, 6.45) is 0. The van der Waals surface area contributed by atoms with Crippen LogP contribution in [-0.2, 0) is 0 Å². The van der Waals surface area contributed by atoms with Crippen molar-refractivity contribution in [3.05, 3.63) is 65.5 Å². The van der Waals surface area contributed by atoms with Crippen LogP contribution in [-0.4, -0.2) is 11.5 Å². The van der Waals surface area contributed by atoms with Gasteiger partial charge in [0, 0.05) is 10.5 Å². The van der Waals surface area contributed by atoms with Crippen LogP contribution in [0.3, 0.4) is 0 Å². The minimum Gasteiger partial charge on any atom is -0.293 e. The second kappa shape index (κ2) is 5.93. The third-order valence-electron chi connectivity index (χ3n) is 2.41. The van der Waals surface area contributed by atoms with Crippen LogP contribution < -0.4 is 0 Å². The predicted octanol–water partition coefficient (Wildman–Crippen LogP) is 4.08. The van der Waals surface area contributed by atoms with Crippen LogP contribution in [0.15, 0.2) is 47.4 Å². The van der Waals surface area contributed by atoms with E-state index in [1.807, 2.05) is 0 Å². The van der Waals surface area contributed by atoms with E-state index in [1.54, 1.807) is 12.1 Å². The van der Waals surface area contributed by atoms with Crippen LogP contribution in [0.25, 0.3) is 0 Å². The Kier molecular flexibility index (Phi) is 4.27. The molecule has 0 fully saturated rings. The number of halogens is 3. The van der Waals surface area contributed by atoms with Crippen LogP contribution in [0.5, 0.6) is 0 Å². The number of hydrogen-bond acceptors (Lipinski definition) is 2. The van der Waals surface area contributed by atoms with Gasteiger partial charge in [0.15, 0.2) is 17.4 Å². The Morgan fingerprint density at radius 3 is 2.47 bits per heavy atom. The predicted molar refractivity (Wildman–Crippen MR) is 67.8 cm³/mol. The summed E-state index contributed by atoms with van der Waals surface area (Å²) in [4.78, 5) is 12.4. The van der Waals surface area contributed by atoms with Crippen LogP contribution in [0, 0.1) is 17.5 Å². The summed E-state index contributed by atoms with van der Waals surface area (Å²) in [5, 5.41) is 0. The van der Waals surface area contributed by atoms with Crippen LogP contribution in [0.1, 0.15) is 10.4 Å². The van der Waals surface area contributed by atoms with Gasteiger partial charge in [-0.25, -0.2) is 13.2 Å². The van der Waals surface area contributed by atoms with Crippen LogP contribution >= 0.6 is 11.8 Å². The SMILES string of the molecule is O=C(CSc1cccc(F)c1)c1ccc(F)c(F)c1. The molecule has 0 unspecified atom stereocenters. The van der Waals surface area contributed by atoms with E-state index in [9.17, 15) is 18.0 Å². The van der Waals surface area contributed by atoms with Gasteiger partial charge in [-0.1, -0.05) is 6.07 Å². The molecule has 0 aliphatic carbocycles. The fourth-order valence-electron chi connectivity index (χ4n) is 1.46. The van der Waals surface area contributed by atoms with Gasteiger partial charge in [0.1, 0.15) is 5.82 Å². The van der Waals surface area contributed by atoms with E-state index < -0.39 is 11.6 Å². The number of ketones is 1. The lowest BCUT2D eigenvalue weighted by Gasteiger charge is -2.02. The zero-order chi connectivity index (χ0) is 13.8. The Balaban J connectivity index is 2.03. The van der Waals surface area contributed by atoms with Gasteiger partial charge < -0.3 is 0 Å². The van der Waals surface area contributed by atoms with E-state index in [0.29, 0.717) is 4.90 Å². The number of carbonyl (C=O) groups excluding carboxylic acids is 1. The molecular weight excluding hydrogens is 273 g/mol. The highest BCUT2D eigenvalue weighted by atomic mass is 32.2. The number of carbonyl (C=O) groups is 1. The molecule has 0 aliphatic heterocycles. The fourth-order valence-corrected chi connectivity index (χ4v) is 2.29. The number of benzene rings is 2. The molecule has 0 saturated heterocycles. The average molecular weight is 282 g/mol. The van der Waals surface area contributed by atoms with Crippen molar-refractivity contribution >= 4 is 17.5 Å². The van der Waals surface area contributed by atoms with Crippen molar-refractivity contribution in [2.75, 3.05) is 5.75 Å². The molecular formula is C14H9F3OS. The normalized spacial score (nSPS) is 10.5. The highest BCUT2D eigenvalue weighted by molar-refractivity contribution is 8.00. The van der Waals surface area contributed by atoms with Crippen molar-refractivity contribution in [2.45, 2.75) is 4.90 Å². The minimum atomic E-state index is -1.05. The van der Waals surface area contributed by atoms with Crippen molar-refractivity contribution in [1.29, 1.82) is 0 Å². The van der Waals surface area contributed by atoms with E-state index in [2.05, 4.69) is 0 Å². The standard InChI is InChI=1S/C14H9F3OS/c15-10-2-1-3-11(7-10)19-8-14(18)9-4-5-12(16)13(17)6-9/h1-7H,8H2. The minimum absolute atomic E-state index is 0.0362. The molecule has 0 amide bonds. The van der Waals surface area contributed by atoms with Gasteiger partial charge in [-0.2, -0.15) is 0 Å². The van der Waals surface area contributed by atoms with Crippen molar-refractivity contribution in [3.63, 3.8) is 0 Å². The third-order valence-corrected chi connectivity index (χ3v) is 3.40. The maximum atomic E-state index is 13.0. The zero-order valence-corrected chi connectivity index (χ0v) is 10.5. The summed E-state index contributed by atoms with van der Waals surface area (Å²) < 4.78 is 38.6. The second-order valence-corrected chi connectivity index (χ2v) is 4.85. The van der Waals surface area contributed by atoms with Crippen molar-refractivity contribution in [2.24, 2.45) is 0 Å². The number of thioether (sulfide) groups is 1. The summed E-state index contributed by atoms with van der Waals surface area (Å²) in [6.45, 7) is 0. The molecule has 0 radical (unpaired) electrons. The molecule has 0 bridgehead atoms. The molecule has 98 valence electrons. The van der Waals surface area contributed by atoms with E-state index in [-0.39, 0.29) is 22.9 Å². The maximum absolute atomic E-state index is 13.0. The van der Waals surface area contributed by atoms with Crippen molar-refractivity contribution in [3.8, 4) is 0 Å².